The summed E-state index contributed by atoms with van der Waals surface area (Å²) in [7, 11) is 0. The van der Waals surface area contributed by atoms with E-state index in [2.05, 4.69) is 6.92 Å². The first-order chi connectivity index (χ1) is 14.5. The van der Waals surface area contributed by atoms with Gasteiger partial charge in [-0.25, -0.2) is 14.8 Å². The smallest absolute Gasteiger partial charge is 0.344 e. The van der Waals surface area contributed by atoms with Crippen molar-refractivity contribution in [3.8, 4) is 0 Å². The van der Waals surface area contributed by atoms with Crippen LogP contribution >= 0.6 is 0 Å². The SMILES string of the molecule is CC[C@H](C)COC(=O)c1c(N)n([C@H](C)c2ccccc2)c2nc3ccccc3nc12. The minimum Gasteiger partial charge on any atom is -0.462 e. The van der Waals surface area contributed by atoms with Crippen molar-refractivity contribution in [2.45, 2.75) is 33.2 Å². The highest BCUT2D eigenvalue weighted by Gasteiger charge is 2.28. The molecule has 4 rings (SSSR count). The molecule has 2 heterocycles. The molecule has 0 fully saturated rings. The second-order valence-electron chi connectivity index (χ2n) is 7.71. The van der Waals surface area contributed by atoms with Gasteiger partial charge in [0.1, 0.15) is 16.9 Å². The topological polar surface area (TPSA) is 83.0 Å². The molecule has 0 amide bonds. The summed E-state index contributed by atoms with van der Waals surface area (Å²) in [6.07, 6.45) is 0.931. The van der Waals surface area contributed by atoms with Gasteiger partial charge in [-0.15, -0.1) is 0 Å². The summed E-state index contributed by atoms with van der Waals surface area (Å²) in [4.78, 5) is 22.6. The molecule has 6 heteroatoms. The largest absolute Gasteiger partial charge is 0.462 e. The molecule has 2 aromatic carbocycles. The normalized spacial score (nSPS) is 13.4. The first kappa shape index (κ1) is 19.9. The van der Waals surface area contributed by atoms with E-state index >= 15 is 0 Å². The zero-order chi connectivity index (χ0) is 21.3. The molecule has 0 saturated heterocycles. The number of carbonyl (C=O) groups is 1. The van der Waals surface area contributed by atoms with E-state index in [9.17, 15) is 4.79 Å². The van der Waals surface area contributed by atoms with E-state index in [1.54, 1.807) is 0 Å². The Morgan fingerprint density at radius 3 is 2.33 bits per heavy atom. The van der Waals surface area contributed by atoms with E-state index in [4.69, 9.17) is 20.4 Å². The highest BCUT2D eigenvalue weighted by Crippen LogP contribution is 2.33. The van der Waals surface area contributed by atoms with Crippen LogP contribution in [0.2, 0.25) is 0 Å². The summed E-state index contributed by atoms with van der Waals surface area (Å²) < 4.78 is 7.46. The maximum atomic E-state index is 13.0. The van der Waals surface area contributed by atoms with Gasteiger partial charge < -0.3 is 15.0 Å². The highest BCUT2D eigenvalue weighted by atomic mass is 16.5. The van der Waals surface area contributed by atoms with Crippen LogP contribution in [0.3, 0.4) is 0 Å². The molecule has 0 aliphatic heterocycles. The fraction of sp³-hybridized carbons (Fsp3) is 0.292. The molecule has 2 aromatic heterocycles. The average Bonchev–Trinajstić information content (AvgIpc) is 3.06. The van der Waals surface area contributed by atoms with Crippen LogP contribution in [0.1, 0.15) is 49.2 Å². The fourth-order valence-electron chi connectivity index (χ4n) is 3.56. The lowest BCUT2D eigenvalue weighted by Crippen LogP contribution is -2.15. The van der Waals surface area contributed by atoms with Crippen LogP contribution in [0.4, 0.5) is 5.82 Å². The average molecular weight is 402 g/mol. The number of hydrogen-bond donors (Lipinski definition) is 1. The number of anilines is 1. The number of nitrogens with two attached hydrogens (primary N) is 1. The zero-order valence-corrected chi connectivity index (χ0v) is 17.5. The molecule has 2 atom stereocenters. The monoisotopic (exact) mass is 402 g/mol. The number of ether oxygens (including phenoxy) is 1. The molecule has 4 aromatic rings. The summed E-state index contributed by atoms with van der Waals surface area (Å²) in [6, 6.07) is 17.5. The molecule has 6 nitrogen and oxygen atoms in total. The van der Waals surface area contributed by atoms with Gasteiger partial charge in [0.15, 0.2) is 5.65 Å². The lowest BCUT2D eigenvalue weighted by atomic mass is 10.1. The molecule has 154 valence electrons. The van der Waals surface area contributed by atoms with Crippen molar-refractivity contribution in [2.24, 2.45) is 5.92 Å². The number of para-hydroxylation sites is 2. The predicted octanol–water partition coefficient (Wildman–Crippen LogP) is 4.98. The van der Waals surface area contributed by atoms with Gasteiger partial charge in [0.2, 0.25) is 0 Å². The molecule has 0 bridgehead atoms. The van der Waals surface area contributed by atoms with Crippen molar-refractivity contribution in [2.75, 3.05) is 12.3 Å². The van der Waals surface area contributed by atoms with Gasteiger partial charge in [-0.1, -0.05) is 62.7 Å². The van der Waals surface area contributed by atoms with E-state index in [0.29, 0.717) is 29.1 Å². The summed E-state index contributed by atoms with van der Waals surface area (Å²) in [5, 5.41) is 0. The number of fused-ring (bicyclic) bond motifs is 2. The Hall–Kier alpha value is -3.41. The number of nitrogens with zero attached hydrogens (tertiary/aromatic N) is 3. The van der Waals surface area contributed by atoms with Crippen LogP contribution in [0.15, 0.2) is 54.6 Å². The third-order valence-electron chi connectivity index (χ3n) is 5.60. The van der Waals surface area contributed by atoms with Crippen LogP contribution in [0.25, 0.3) is 22.2 Å². The first-order valence-corrected chi connectivity index (χ1v) is 10.3. The number of aromatic nitrogens is 3. The maximum absolute atomic E-state index is 13.0. The van der Waals surface area contributed by atoms with E-state index < -0.39 is 5.97 Å². The van der Waals surface area contributed by atoms with Gasteiger partial charge in [-0.05, 0) is 30.5 Å². The second-order valence-corrected chi connectivity index (χ2v) is 7.71. The summed E-state index contributed by atoms with van der Waals surface area (Å²) >= 11 is 0. The van der Waals surface area contributed by atoms with Crippen LogP contribution in [-0.2, 0) is 4.74 Å². The Morgan fingerprint density at radius 2 is 1.67 bits per heavy atom. The molecule has 0 unspecified atom stereocenters. The minimum atomic E-state index is -0.457. The Kier molecular flexibility index (Phi) is 5.40. The van der Waals surface area contributed by atoms with E-state index in [-0.39, 0.29) is 17.5 Å². The van der Waals surface area contributed by atoms with Crippen molar-refractivity contribution in [3.05, 3.63) is 65.7 Å². The zero-order valence-electron chi connectivity index (χ0n) is 17.5. The van der Waals surface area contributed by atoms with Gasteiger partial charge in [0.25, 0.3) is 0 Å². The first-order valence-electron chi connectivity index (χ1n) is 10.3. The number of hydrogen-bond acceptors (Lipinski definition) is 5. The molecule has 2 N–H and O–H groups in total. The van der Waals surface area contributed by atoms with Crippen LogP contribution in [-0.4, -0.2) is 27.1 Å². The highest BCUT2D eigenvalue weighted by molar-refractivity contribution is 6.08. The lowest BCUT2D eigenvalue weighted by Gasteiger charge is -2.17. The Labute approximate surface area is 175 Å². The summed E-state index contributed by atoms with van der Waals surface area (Å²) in [5.74, 6) is 0.144. The van der Waals surface area contributed by atoms with Gasteiger partial charge >= 0.3 is 5.97 Å². The quantitative estimate of drug-likeness (QED) is 0.460. The van der Waals surface area contributed by atoms with E-state index in [1.807, 2.05) is 73.0 Å². The molecule has 0 aliphatic carbocycles. The van der Waals surface area contributed by atoms with Crippen LogP contribution in [0, 0.1) is 5.92 Å². The van der Waals surface area contributed by atoms with Crippen molar-refractivity contribution >= 4 is 34.0 Å². The molecule has 30 heavy (non-hydrogen) atoms. The van der Waals surface area contributed by atoms with Crippen molar-refractivity contribution in [3.63, 3.8) is 0 Å². The van der Waals surface area contributed by atoms with E-state index in [1.165, 1.54) is 0 Å². The molecular formula is C24H26N4O2. The number of nitrogen functional groups attached to an aromatic ring is 1. The number of carbonyl (C=O) groups excluding carboxylic acids is 1. The molecule has 0 aliphatic rings. The van der Waals surface area contributed by atoms with Gasteiger partial charge in [-0.2, -0.15) is 0 Å². The number of rotatable bonds is 6. The minimum absolute atomic E-state index is 0.125. The molecular weight excluding hydrogens is 376 g/mol. The molecule has 0 saturated carbocycles. The lowest BCUT2D eigenvalue weighted by molar-refractivity contribution is 0.0450. The Bertz CT molecular complexity index is 1200. The third-order valence-corrected chi connectivity index (χ3v) is 5.60. The maximum Gasteiger partial charge on any atom is 0.344 e. The Balaban J connectivity index is 1.91. The number of benzene rings is 2. The summed E-state index contributed by atoms with van der Waals surface area (Å²) in [5.41, 5.74) is 10.4. The standard InChI is InChI=1S/C24H26N4O2/c1-4-15(2)14-30-24(29)20-21-23(27-19-13-9-8-12-18(19)26-21)28(22(20)25)16(3)17-10-6-5-7-11-17/h5-13,15-16H,4,14,25H2,1-3H3/t15-,16+/m0/s1. The van der Waals surface area contributed by atoms with Gasteiger partial charge in [-0.3, -0.25) is 0 Å². The van der Waals surface area contributed by atoms with Gasteiger partial charge in [0.05, 0.1) is 23.7 Å². The Morgan fingerprint density at radius 1 is 1.03 bits per heavy atom. The summed E-state index contributed by atoms with van der Waals surface area (Å²) in [6.45, 7) is 6.50. The van der Waals surface area contributed by atoms with Crippen LogP contribution in [0.5, 0.6) is 0 Å². The predicted molar refractivity (Wildman–Crippen MR) is 119 cm³/mol. The van der Waals surface area contributed by atoms with Gasteiger partial charge in [0, 0.05) is 0 Å². The third kappa shape index (κ3) is 3.49. The van der Waals surface area contributed by atoms with E-state index in [0.717, 1.165) is 17.5 Å². The van der Waals surface area contributed by atoms with Crippen molar-refractivity contribution in [1.29, 1.82) is 0 Å². The molecule has 0 spiro atoms. The van der Waals surface area contributed by atoms with Crippen molar-refractivity contribution in [1.82, 2.24) is 14.5 Å². The fourth-order valence-corrected chi connectivity index (χ4v) is 3.56. The van der Waals surface area contributed by atoms with Crippen LogP contribution < -0.4 is 5.73 Å². The molecule has 0 radical (unpaired) electrons. The second kappa shape index (κ2) is 8.14. The van der Waals surface area contributed by atoms with Crippen molar-refractivity contribution < 1.29 is 9.53 Å². The number of esters is 1.